The number of hydrogen-bond acceptors (Lipinski definition) is 4. The highest BCUT2D eigenvalue weighted by Gasteiger charge is 2.51. The first kappa shape index (κ1) is 15.8. The van der Waals surface area contributed by atoms with Gasteiger partial charge in [0.2, 0.25) is 0 Å². The zero-order valence-electron chi connectivity index (χ0n) is 14.0. The van der Waals surface area contributed by atoms with Gasteiger partial charge in [-0.2, -0.15) is 5.26 Å². The third-order valence-electron chi connectivity index (χ3n) is 6.20. The highest BCUT2D eigenvalue weighted by molar-refractivity contribution is 8.13. The summed E-state index contributed by atoms with van der Waals surface area (Å²) in [4.78, 5) is 4.45. The van der Waals surface area contributed by atoms with Crippen LogP contribution in [0.15, 0.2) is 23.2 Å². The molecule has 4 bridgehead atoms. The van der Waals surface area contributed by atoms with Crippen molar-refractivity contribution in [3.8, 4) is 11.9 Å². The van der Waals surface area contributed by atoms with Crippen LogP contribution in [0.25, 0.3) is 0 Å². The largest absolute Gasteiger partial charge is 0.506 e. The van der Waals surface area contributed by atoms with Crippen LogP contribution in [0.2, 0.25) is 0 Å². The Hall–Kier alpha value is -1.67. The molecule has 4 aliphatic rings. The summed E-state index contributed by atoms with van der Waals surface area (Å²) in [5.41, 5.74) is 2.18. The SMILES string of the molecule is CSC(=Nc1cc(C23CC4CC(CC(C4)C2)C3)ccc1O)NC#N. The van der Waals surface area contributed by atoms with Crippen LogP contribution in [0.4, 0.5) is 5.69 Å². The van der Waals surface area contributed by atoms with Gasteiger partial charge in [0.05, 0.1) is 0 Å². The summed E-state index contributed by atoms with van der Waals surface area (Å²) in [6.45, 7) is 0. The monoisotopic (exact) mass is 341 g/mol. The number of rotatable bonds is 2. The van der Waals surface area contributed by atoms with E-state index in [4.69, 9.17) is 5.26 Å². The fourth-order valence-electron chi connectivity index (χ4n) is 5.69. The van der Waals surface area contributed by atoms with Crippen LogP contribution in [0, 0.1) is 29.2 Å². The van der Waals surface area contributed by atoms with E-state index in [1.54, 1.807) is 6.07 Å². The predicted octanol–water partition coefficient (Wildman–Crippen LogP) is 4.28. The standard InChI is InChI=1S/C19H23N3OS/c1-24-18(21-11-20)22-16-7-15(2-3-17(16)23)19-8-12-4-13(9-19)6-14(5-12)10-19/h2-3,7,12-14,23H,4-6,8-10H2,1H3,(H,21,22). The van der Waals surface area contributed by atoms with E-state index >= 15 is 0 Å². The van der Waals surface area contributed by atoms with E-state index < -0.39 is 0 Å². The van der Waals surface area contributed by atoms with Crippen LogP contribution in [0.1, 0.15) is 44.1 Å². The molecule has 0 aliphatic heterocycles. The van der Waals surface area contributed by atoms with Crippen LogP contribution in [-0.4, -0.2) is 16.5 Å². The summed E-state index contributed by atoms with van der Waals surface area (Å²) >= 11 is 1.37. The molecule has 0 amide bonds. The molecule has 5 rings (SSSR count). The van der Waals surface area contributed by atoms with Crippen molar-refractivity contribution >= 4 is 22.6 Å². The lowest BCUT2D eigenvalue weighted by Gasteiger charge is -2.57. The first-order valence-corrected chi connectivity index (χ1v) is 9.95. The topological polar surface area (TPSA) is 68.4 Å². The summed E-state index contributed by atoms with van der Waals surface area (Å²) in [7, 11) is 0. The molecule has 4 nitrogen and oxygen atoms in total. The summed E-state index contributed by atoms with van der Waals surface area (Å²) in [6, 6.07) is 5.92. The smallest absolute Gasteiger partial charge is 0.183 e. The minimum absolute atomic E-state index is 0.176. The van der Waals surface area contributed by atoms with Crippen LogP contribution in [-0.2, 0) is 5.41 Å². The maximum absolute atomic E-state index is 10.2. The summed E-state index contributed by atoms with van der Waals surface area (Å²) in [6.07, 6.45) is 11.9. The molecule has 0 saturated heterocycles. The van der Waals surface area contributed by atoms with Crippen molar-refractivity contribution in [2.24, 2.45) is 22.7 Å². The first-order valence-electron chi connectivity index (χ1n) is 8.73. The molecular weight excluding hydrogens is 318 g/mol. The molecule has 4 aliphatic carbocycles. The molecule has 0 radical (unpaired) electrons. The van der Waals surface area contributed by atoms with Gasteiger partial charge in [-0.05, 0) is 85.6 Å². The van der Waals surface area contributed by atoms with Gasteiger partial charge in [0.25, 0.3) is 0 Å². The maximum Gasteiger partial charge on any atom is 0.183 e. The van der Waals surface area contributed by atoms with E-state index in [2.05, 4.69) is 22.4 Å². The van der Waals surface area contributed by atoms with Crippen molar-refractivity contribution in [3.63, 3.8) is 0 Å². The van der Waals surface area contributed by atoms with Gasteiger partial charge in [0.15, 0.2) is 11.4 Å². The van der Waals surface area contributed by atoms with Crippen LogP contribution in [0.3, 0.4) is 0 Å². The third kappa shape index (κ3) is 2.67. The second-order valence-corrected chi connectivity index (χ2v) is 8.55. The highest BCUT2D eigenvalue weighted by Crippen LogP contribution is 2.61. The van der Waals surface area contributed by atoms with Gasteiger partial charge in [0.1, 0.15) is 11.4 Å². The first-order chi connectivity index (χ1) is 11.6. The maximum atomic E-state index is 10.2. The van der Waals surface area contributed by atoms with Crippen LogP contribution in [0.5, 0.6) is 5.75 Å². The Bertz CT molecular complexity index is 687. The van der Waals surface area contributed by atoms with E-state index in [1.807, 2.05) is 12.4 Å². The Labute approximate surface area is 147 Å². The van der Waals surface area contributed by atoms with Crippen molar-refractivity contribution in [1.29, 1.82) is 5.26 Å². The number of amidine groups is 1. The molecule has 4 saturated carbocycles. The number of aromatic hydroxyl groups is 1. The highest BCUT2D eigenvalue weighted by atomic mass is 32.2. The number of thioether (sulfide) groups is 1. The van der Waals surface area contributed by atoms with Crippen molar-refractivity contribution < 1.29 is 5.11 Å². The number of aliphatic imine (C=N–C) groups is 1. The van der Waals surface area contributed by atoms with Crippen molar-refractivity contribution in [2.45, 2.75) is 43.9 Å². The number of phenolic OH excluding ortho intramolecular Hbond substituents is 1. The Morgan fingerprint density at radius 1 is 1.25 bits per heavy atom. The number of hydrogen-bond donors (Lipinski definition) is 2. The van der Waals surface area contributed by atoms with E-state index in [-0.39, 0.29) is 11.2 Å². The zero-order chi connectivity index (χ0) is 16.7. The minimum Gasteiger partial charge on any atom is -0.506 e. The fourth-order valence-corrected chi connectivity index (χ4v) is 6.03. The fraction of sp³-hybridized carbons (Fsp3) is 0.579. The lowest BCUT2D eigenvalue weighted by Crippen LogP contribution is -2.48. The number of nitrogens with one attached hydrogen (secondary N) is 1. The van der Waals surface area contributed by atoms with E-state index in [0.717, 1.165) is 17.8 Å². The molecule has 0 atom stereocenters. The second kappa shape index (κ2) is 6.00. The average Bonchev–Trinajstić information content (AvgIpc) is 2.55. The van der Waals surface area contributed by atoms with Crippen molar-refractivity contribution in [1.82, 2.24) is 5.32 Å². The van der Waals surface area contributed by atoms with Gasteiger partial charge in [-0.3, -0.25) is 5.32 Å². The molecule has 126 valence electrons. The van der Waals surface area contributed by atoms with Gasteiger partial charge < -0.3 is 5.11 Å². The molecule has 24 heavy (non-hydrogen) atoms. The minimum atomic E-state index is 0.176. The van der Waals surface area contributed by atoms with Gasteiger partial charge in [0, 0.05) is 0 Å². The molecule has 1 aromatic rings. The molecular formula is C19H23N3OS. The van der Waals surface area contributed by atoms with Gasteiger partial charge in [-0.25, -0.2) is 4.99 Å². The van der Waals surface area contributed by atoms with Crippen molar-refractivity contribution in [2.75, 3.05) is 6.26 Å². The third-order valence-corrected chi connectivity index (χ3v) is 6.78. The molecule has 0 heterocycles. The van der Waals surface area contributed by atoms with E-state index in [1.165, 1.54) is 55.9 Å². The van der Waals surface area contributed by atoms with E-state index in [9.17, 15) is 5.11 Å². The summed E-state index contributed by atoms with van der Waals surface area (Å²) in [5.74, 6) is 2.84. The van der Waals surface area contributed by atoms with Crippen LogP contribution >= 0.6 is 11.8 Å². The summed E-state index contributed by atoms with van der Waals surface area (Å²) in [5, 5.41) is 22.1. The number of nitrogens with zero attached hydrogens (tertiary/aromatic N) is 2. The lowest BCUT2D eigenvalue weighted by atomic mass is 9.48. The van der Waals surface area contributed by atoms with Gasteiger partial charge in [-0.1, -0.05) is 17.8 Å². The Balaban J connectivity index is 1.70. The average molecular weight is 341 g/mol. The quantitative estimate of drug-likeness (QED) is 0.364. The molecule has 0 spiro atoms. The molecule has 0 aromatic heterocycles. The Morgan fingerprint density at radius 2 is 1.88 bits per heavy atom. The molecule has 1 aromatic carbocycles. The summed E-state index contributed by atoms with van der Waals surface area (Å²) < 4.78 is 0. The molecule has 4 fully saturated rings. The van der Waals surface area contributed by atoms with Crippen molar-refractivity contribution in [3.05, 3.63) is 23.8 Å². The number of phenols is 1. The number of benzene rings is 1. The zero-order valence-corrected chi connectivity index (χ0v) is 14.8. The Morgan fingerprint density at radius 3 is 2.42 bits per heavy atom. The molecule has 0 unspecified atom stereocenters. The normalized spacial score (nSPS) is 34.2. The van der Waals surface area contributed by atoms with E-state index in [0.29, 0.717) is 10.9 Å². The number of nitriles is 1. The molecule has 5 heteroatoms. The van der Waals surface area contributed by atoms with Gasteiger partial charge >= 0.3 is 0 Å². The van der Waals surface area contributed by atoms with Crippen LogP contribution < -0.4 is 5.32 Å². The lowest BCUT2D eigenvalue weighted by molar-refractivity contribution is -0.00518. The van der Waals surface area contributed by atoms with Gasteiger partial charge in [-0.15, -0.1) is 0 Å². The Kier molecular flexibility index (Phi) is 3.96. The predicted molar refractivity (Wildman–Crippen MR) is 97.3 cm³/mol. The molecule has 2 N–H and O–H groups in total. The second-order valence-electron chi connectivity index (χ2n) is 7.76.